The molecule has 9 heteroatoms. The molecule has 0 atom stereocenters. The molecule has 5 aliphatic rings. The number of rotatable bonds is 8. The topological polar surface area (TPSA) is 103 Å². The third-order valence-electron chi connectivity index (χ3n) is 12.3. The lowest BCUT2D eigenvalue weighted by molar-refractivity contribution is -0.141. The molecule has 1 aromatic rings. The Morgan fingerprint density at radius 2 is 1.02 bits per heavy atom. The van der Waals surface area contributed by atoms with Crippen LogP contribution in [0.5, 0.6) is 11.5 Å². The predicted octanol–water partition coefficient (Wildman–Crippen LogP) is 10.3. The highest BCUT2D eigenvalue weighted by Crippen LogP contribution is 2.59. The number of ether oxygens (including phenoxy) is 3. The van der Waals surface area contributed by atoms with Gasteiger partial charge >= 0.3 is 17.9 Å². The predicted molar refractivity (Wildman–Crippen MR) is 192 cm³/mol. The molecular weight excluding hydrogens is 655 g/mol. The minimum Gasteiger partial charge on any atom is -0.462 e. The third kappa shape index (κ3) is 8.72. The van der Waals surface area contributed by atoms with E-state index in [1.54, 1.807) is 19.1 Å². The molecule has 6 rings (SSSR count). The van der Waals surface area contributed by atoms with Gasteiger partial charge in [0.15, 0.2) is 5.57 Å². The molecule has 4 fully saturated rings. The number of thioether (sulfide) groups is 2. The maximum atomic E-state index is 13.5. The summed E-state index contributed by atoms with van der Waals surface area (Å²) in [6.07, 6.45) is 18.1. The number of hydrogen-bond donors (Lipinski definition) is 0. The van der Waals surface area contributed by atoms with E-state index in [0.29, 0.717) is 37.4 Å². The highest BCUT2D eigenvalue weighted by molar-refractivity contribution is 8.24. The van der Waals surface area contributed by atoms with Gasteiger partial charge in [0.1, 0.15) is 17.6 Å². The summed E-state index contributed by atoms with van der Waals surface area (Å²) in [7, 11) is 0. The molecular formula is C40H53NO6S2. The monoisotopic (exact) mass is 707 g/mol. The molecule has 0 unspecified atom stereocenters. The number of benzene rings is 1. The van der Waals surface area contributed by atoms with Crippen molar-refractivity contribution in [1.29, 1.82) is 5.26 Å². The standard InChI is InChI=1S/C40H53NO6S2/c1-4-45-39(44)32(23-41)40-48-35-33(46-37(42)30-17-13-28(14-18-30)26-9-5-24(2)6-10-26)21-22-34(36(35)49-40)47-38(43)31-19-15-29(16-20-31)27-11-7-25(3)8-12-27/h21-22,24-31H,4-20H2,1-3H3. The Morgan fingerprint density at radius 1 is 0.653 bits per heavy atom. The average molecular weight is 708 g/mol. The first-order valence-electron chi connectivity index (χ1n) is 19.0. The number of carbonyl (C=O) groups is 3. The number of esters is 3. The van der Waals surface area contributed by atoms with Gasteiger partial charge in [0.05, 0.1) is 32.5 Å². The Kier molecular flexibility index (Phi) is 12.4. The van der Waals surface area contributed by atoms with Gasteiger partial charge in [0.25, 0.3) is 0 Å². The second-order valence-electron chi connectivity index (χ2n) is 15.5. The van der Waals surface area contributed by atoms with Gasteiger partial charge in [-0.15, -0.1) is 0 Å². The summed E-state index contributed by atoms with van der Waals surface area (Å²) in [5.41, 5.74) is -0.103. The maximum Gasteiger partial charge on any atom is 0.350 e. The first-order valence-corrected chi connectivity index (χ1v) is 20.6. The van der Waals surface area contributed by atoms with Gasteiger partial charge in [-0.1, -0.05) is 63.1 Å². The summed E-state index contributed by atoms with van der Waals surface area (Å²) in [5, 5.41) is 9.88. The number of nitriles is 1. The van der Waals surface area contributed by atoms with Gasteiger partial charge in [-0.2, -0.15) is 5.26 Å². The molecule has 1 aliphatic heterocycles. The Balaban J connectivity index is 1.13. The van der Waals surface area contributed by atoms with E-state index in [4.69, 9.17) is 14.2 Å². The number of carbonyl (C=O) groups excluding carboxylic acids is 3. The summed E-state index contributed by atoms with van der Waals surface area (Å²) in [6.45, 7) is 6.55. The molecule has 49 heavy (non-hydrogen) atoms. The number of nitrogens with zero attached hydrogens (tertiary/aromatic N) is 1. The van der Waals surface area contributed by atoms with Crippen LogP contribution in [-0.4, -0.2) is 24.5 Å². The minimum atomic E-state index is -0.696. The summed E-state index contributed by atoms with van der Waals surface area (Å²) in [6, 6.07) is 5.40. The molecule has 1 heterocycles. The van der Waals surface area contributed by atoms with Gasteiger partial charge in [-0.25, -0.2) is 4.79 Å². The molecule has 0 N–H and O–H groups in total. The normalized spacial score (nSPS) is 31.6. The van der Waals surface area contributed by atoms with Crippen LogP contribution in [0.15, 0.2) is 31.7 Å². The van der Waals surface area contributed by atoms with Crippen LogP contribution < -0.4 is 9.47 Å². The SMILES string of the molecule is CCOC(=O)C(C#N)=C1Sc2c(OC(=O)C3CCC(C4CCC(C)CC4)CC3)ccc(OC(=O)C3CCC(C4CCC(C)CC4)CC3)c2S1. The molecule has 1 aromatic carbocycles. The molecule has 4 aliphatic carbocycles. The van der Waals surface area contributed by atoms with Crippen molar-refractivity contribution in [3.8, 4) is 17.6 Å². The van der Waals surface area contributed by atoms with Gasteiger partial charge in [0.2, 0.25) is 0 Å². The summed E-state index contributed by atoms with van der Waals surface area (Å²) >= 11 is 2.40. The maximum absolute atomic E-state index is 13.5. The molecule has 0 aromatic heterocycles. The Morgan fingerprint density at radius 3 is 1.37 bits per heavy atom. The van der Waals surface area contributed by atoms with Crippen molar-refractivity contribution in [2.45, 2.75) is 133 Å². The minimum absolute atomic E-state index is 0.103. The molecule has 0 amide bonds. The van der Waals surface area contributed by atoms with Crippen LogP contribution in [-0.2, 0) is 19.1 Å². The van der Waals surface area contributed by atoms with Crippen LogP contribution in [0.3, 0.4) is 0 Å². The smallest absolute Gasteiger partial charge is 0.350 e. The van der Waals surface area contributed by atoms with E-state index in [9.17, 15) is 19.6 Å². The van der Waals surface area contributed by atoms with Gasteiger partial charge < -0.3 is 14.2 Å². The Labute approximate surface area is 301 Å². The van der Waals surface area contributed by atoms with E-state index in [1.807, 2.05) is 6.07 Å². The summed E-state index contributed by atoms with van der Waals surface area (Å²) in [4.78, 5) is 40.9. The largest absolute Gasteiger partial charge is 0.462 e. The van der Waals surface area contributed by atoms with Crippen molar-refractivity contribution in [2.75, 3.05) is 6.61 Å². The fraction of sp³-hybridized carbons (Fsp3) is 0.700. The van der Waals surface area contributed by atoms with Crippen molar-refractivity contribution < 1.29 is 28.6 Å². The van der Waals surface area contributed by atoms with Crippen LogP contribution in [0.2, 0.25) is 0 Å². The van der Waals surface area contributed by atoms with E-state index in [-0.39, 0.29) is 36.0 Å². The molecule has 266 valence electrons. The number of hydrogen-bond acceptors (Lipinski definition) is 9. The van der Waals surface area contributed by atoms with E-state index in [0.717, 1.165) is 75.0 Å². The van der Waals surface area contributed by atoms with E-state index in [2.05, 4.69) is 13.8 Å². The van der Waals surface area contributed by atoms with E-state index >= 15 is 0 Å². The zero-order valence-electron chi connectivity index (χ0n) is 29.5. The Bertz CT molecular complexity index is 1350. The van der Waals surface area contributed by atoms with Crippen molar-refractivity contribution >= 4 is 41.4 Å². The first kappa shape index (κ1) is 36.4. The molecule has 0 radical (unpaired) electrons. The highest BCUT2D eigenvalue weighted by Gasteiger charge is 2.37. The van der Waals surface area contributed by atoms with Crippen molar-refractivity contribution in [3.05, 3.63) is 21.9 Å². The summed E-state index contributed by atoms with van der Waals surface area (Å²) in [5.74, 6) is 3.93. The third-order valence-corrected chi connectivity index (χ3v) is 14.9. The molecule has 0 saturated heterocycles. The molecule has 0 spiro atoms. The fourth-order valence-electron chi connectivity index (χ4n) is 9.12. The van der Waals surface area contributed by atoms with Crippen molar-refractivity contribution in [1.82, 2.24) is 0 Å². The van der Waals surface area contributed by atoms with Gasteiger partial charge in [-0.3, -0.25) is 9.59 Å². The second kappa shape index (κ2) is 16.7. The molecule has 0 bridgehead atoms. The van der Waals surface area contributed by atoms with Crippen molar-refractivity contribution in [3.63, 3.8) is 0 Å². The van der Waals surface area contributed by atoms with Crippen LogP contribution in [0, 0.1) is 58.7 Å². The zero-order valence-corrected chi connectivity index (χ0v) is 31.1. The quantitative estimate of drug-likeness (QED) is 0.113. The highest BCUT2D eigenvalue weighted by atomic mass is 32.2. The number of fused-ring (bicyclic) bond motifs is 1. The van der Waals surface area contributed by atoms with Gasteiger partial charge in [0, 0.05) is 0 Å². The van der Waals surface area contributed by atoms with E-state index in [1.165, 1.54) is 74.9 Å². The average Bonchev–Trinajstić information content (AvgIpc) is 3.56. The molecule has 4 saturated carbocycles. The van der Waals surface area contributed by atoms with Gasteiger partial charge in [-0.05, 0) is 132 Å². The second-order valence-corrected chi connectivity index (χ2v) is 17.8. The molecule has 7 nitrogen and oxygen atoms in total. The van der Waals surface area contributed by atoms with Crippen LogP contribution in [0.25, 0.3) is 0 Å². The summed E-state index contributed by atoms with van der Waals surface area (Å²) < 4.78 is 17.7. The fourth-order valence-corrected chi connectivity index (χ4v) is 11.7. The Hall–Kier alpha value is -2.44. The van der Waals surface area contributed by atoms with Crippen LogP contribution in [0.1, 0.15) is 124 Å². The van der Waals surface area contributed by atoms with Crippen molar-refractivity contribution in [2.24, 2.45) is 47.3 Å². The lowest BCUT2D eigenvalue weighted by Gasteiger charge is -2.36. The van der Waals surface area contributed by atoms with Crippen LogP contribution in [0.4, 0.5) is 0 Å². The lowest BCUT2D eigenvalue weighted by atomic mass is 9.69. The first-order chi connectivity index (χ1) is 23.7. The lowest BCUT2D eigenvalue weighted by Crippen LogP contribution is -2.30. The zero-order chi connectivity index (χ0) is 34.5. The van der Waals surface area contributed by atoms with E-state index < -0.39 is 5.97 Å². The van der Waals surface area contributed by atoms with Crippen LogP contribution >= 0.6 is 23.5 Å².